The fourth-order valence-corrected chi connectivity index (χ4v) is 4.59. The van der Waals surface area contributed by atoms with E-state index in [0.29, 0.717) is 36.7 Å². The van der Waals surface area contributed by atoms with Crippen molar-refractivity contribution in [3.05, 3.63) is 70.4 Å². The molecule has 3 amide bonds. The van der Waals surface area contributed by atoms with Gasteiger partial charge < -0.3 is 19.6 Å². The van der Waals surface area contributed by atoms with E-state index in [9.17, 15) is 14.0 Å². The van der Waals surface area contributed by atoms with Crippen molar-refractivity contribution in [2.45, 2.75) is 38.4 Å². The van der Waals surface area contributed by atoms with Crippen molar-refractivity contribution in [2.24, 2.45) is 0 Å². The maximum absolute atomic E-state index is 13.6. The van der Waals surface area contributed by atoms with Crippen molar-refractivity contribution >= 4 is 23.3 Å². The molecule has 2 atom stereocenters. The zero-order chi connectivity index (χ0) is 24.0. The van der Waals surface area contributed by atoms with E-state index >= 15 is 0 Å². The van der Waals surface area contributed by atoms with Crippen molar-refractivity contribution in [3.63, 3.8) is 0 Å². The first-order chi connectivity index (χ1) is 16.4. The monoisotopic (exact) mass is 463 g/mol. The van der Waals surface area contributed by atoms with Crippen molar-refractivity contribution in [3.8, 4) is 0 Å². The molecular weight excluding hydrogens is 441 g/mol. The Kier molecular flexibility index (Phi) is 5.28. The number of nitrogens with one attached hydrogen (secondary N) is 1. The summed E-state index contributed by atoms with van der Waals surface area (Å²) >= 11 is 0. The number of halogens is 1. The molecule has 0 saturated heterocycles. The number of anilines is 1. The van der Waals surface area contributed by atoms with Gasteiger partial charge in [0, 0.05) is 43.4 Å². The number of rotatable bonds is 2. The summed E-state index contributed by atoms with van der Waals surface area (Å²) in [5.74, 6) is -0.205. The van der Waals surface area contributed by atoms with Crippen molar-refractivity contribution in [2.75, 3.05) is 18.9 Å². The number of hydrogen-bond donors (Lipinski definition) is 1. The molecule has 0 fully saturated rings. The Morgan fingerprint density at radius 1 is 1.32 bits per heavy atom. The quantitative estimate of drug-likeness (QED) is 0.587. The molecule has 4 heterocycles. The Bertz CT molecular complexity index is 1310. The number of aromatic nitrogens is 3. The van der Waals surface area contributed by atoms with Gasteiger partial charge in [0.2, 0.25) is 5.69 Å². The average molecular weight is 463 g/mol. The molecule has 0 spiro atoms. The van der Waals surface area contributed by atoms with Gasteiger partial charge in [0.15, 0.2) is 0 Å². The molecule has 0 bridgehead atoms. The van der Waals surface area contributed by atoms with Crippen molar-refractivity contribution in [1.29, 1.82) is 0 Å². The van der Waals surface area contributed by atoms with Gasteiger partial charge in [-0.2, -0.15) is 5.10 Å². The molecule has 1 N–H and O–H groups in total. The van der Waals surface area contributed by atoms with Crippen molar-refractivity contribution in [1.82, 2.24) is 24.7 Å². The van der Waals surface area contributed by atoms with Crippen LogP contribution in [0, 0.1) is 12.4 Å². The van der Waals surface area contributed by atoms with Crippen LogP contribution in [-0.4, -0.2) is 56.3 Å². The van der Waals surface area contributed by atoms with Gasteiger partial charge in [0.25, 0.3) is 5.91 Å². The topological polar surface area (TPSA) is 101 Å². The lowest BCUT2D eigenvalue weighted by molar-refractivity contribution is 0.0785. The molecule has 1 aromatic carbocycles. The Labute approximate surface area is 194 Å². The average Bonchev–Trinajstić information content (AvgIpc) is 3.44. The van der Waals surface area contributed by atoms with Gasteiger partial charge >= 0.3 is 6.03 Å². The van der Waals surface area contributed by atoms with E-state index in [2.05, 4.69) is 15.3 Å². The molecule has 174 valence electrons. The van der Waals surface area contributed by atoms with Crippen LogP contribution in [0.1, 0.15) is 40.3 Å². The van der Waals surface area contributed by atoms with Crippen LogP contribution in [0.2, 0.25) is 0 Å². The summed E-state index contributed by atoms with van der Waals surface area (Å²) in [5, 5.41) is 11.3. The fourth-order valence-electron chi connectivity index (χ4n) is 4.59. The van der Waals surface area contributed by atoms with Gasteiger partial charge in [-0.15, -0.1) is 0 Å². The second kappa shape index (κ2) is 8.30. The summed E-state index contributed by atoms with van der Waals surface area (Å²) < 4.78 is 20.7. The van der Waals surface area contributed by atoms with Crippen LogP contribution < -0.4 is 5.32 Å². The fraction of sp³-hybridized carbons (Fsp3) is 0.348. The molecule has 2 aromatic heterocycles. The predicted octanol–water partition coefficient (Wildman–Crippen LogP) is 3.41. The Morgan fingerprint density at radius 2 is 2.15 bits per heavy atom. The first kappa shape index (κ1) is 21.6. The lowest BCUT2D eigenvalue weighted by Crippen LogP contribution is -2.45. The second-order valence-electron chi connectivity index (χ2n) is 8.64. The number of amides is 3. The molecule has 5 rings (SSSR count). The SMILES string of the molecule is [C-]#[N+]c1cc(NC(=O)N2Cc3c(nn4c3C(=O)N(C)C[C@H](c3ccno3)C4)C[C@H]2C)ccc1F. The van der Waals surface area contributed by atoms with Crippen LogP contribution in [0.3, 0.4) is 0 Å². The maximum Gasteiger partial charge on any atom is 0.322 e. The van der Waals surface area contributed by atoms with Crippen LogP contribution in [0.15, 0.2) is 35.0 Å². The summed E-state index contributed by atoms with van der Waals surface area (Å²) in [7, 11) is 1.74. The second-order valence-corrected chi connectivity index (χ2v) is 8.64. The highest BCUT2D eigenvalue weighted by Crippen LogP contribution is 2.32. The smallest absolute Gasteiger partial charge is 0.322 e. The molecule has 0 unspecified atom stereocenters. The minimum atomic E-state index is -0.641. The Balaban J connectivity index is 1.43. The largest absolute Gasteiger partial charge is 0.361 e. The van der Waals surface area contributed by atoms with Gasteiger partial charge in [-0.25, -0.2) is 14.0 Å². The molecule has 0 radical (unpaired) electrons. The van der Waals surface area contributed by atoms with E-state index in [0.717, 1.165) is 17.3 Å². The predicted molar refractivity (Wildman–Crippen MR) is 119 cm³/mol. The molecule has 34 heavy (non-hydrogen) atoms. The highest BCUT2D eigenvalue weighted by atomic mass is 19.1. The number of carbonyl (C=O) groups excluding carboxylic acids is 2. The third-order valence-corrected chi connectivity index (χ3v) is 6.36. The van der Waals surface area contributed by atoms with Crippen LogP contribution in [-0.2, 0) is 19.5 Å². The van der Waals surface area contributed by atoms with E-state index < -0.39 is 11.8 Å². The molecule has 10 nitrogen and oxygen atoms in total. The van der Waals surface area contributed by atoms with Crippen molar-refractivity contribution < 1.29 is 18.5 Å². The van der Waals surface area contributed by atoms with Crippen LogP contribution in [0.25, 0.3) is 4.85 Å². The Hall–Kier alpha value is -4.20. The standard InChI is InChI=1S/C23H22FN7O3/c1-13-8-18-16(12-30(13)23(33)27-15-4-5-17(24)19(9-15)25-2)21-22(32)29(3)10-14(11-31(21)28-18)20-6-7-26-34-20/h4-7,9,13-14H,8,10-12H2,1,3H3,(H,27,33)/t13-,14+/m1/s1. The maximum atomic E-state index is 13.6. The first-order valence-corrected chi connectivity index (χ1v) is 10.8. The summed E-state index contributed by atoms with van der Waals surface area (Å²) in [6.45, 7) is 10.1. The van der Waals surface area contributed by atoms with E-state index in [1.54, 1.807) is 33.8 Å². The van der Waals surface area contributed by atoms with Gasteiger partial charge in [-0.05, 0) is 25.1 Å². The third-order valence-electron chi connectivity index (χ3n) is 6.36. The minimum Gasteiger partial charge on any atom is -0.361 e. The number of carbonyl (C=O) groups is 2. The normalized spacial score (nSPS) is 19.8. The summed E-state index contributed by atoms with van der Waals surface area (Å²) in [5.41, 5.74) is 2.16. The highest BCUT2D eigenvalue weighted by Gasteiger charge is 2.37. The zero-order valence-electron chi connectivity index (χ0n) is 18.7. The van der Waals surface area contributed by atoms with E-state index in [-0.39, 0.29) is 30.1 Å². The third kappa shape index (κ3) is 3.67. The lowest BCUT2D eigenvalue weighted by Gasteiger charge is -2.33. The molecule has 2 aliphatic rings. The highest BCUT2D eigenvalue weighted by molar-refractivity contribution is 5.95. The molecule has 2 aliphatic heterocycles. The number of hydrogen-bond acceptors (Lipinski definition) is 5. The first-order valence-electron chi connectivity index (χ1n) is 10.8. The summed E-state index contributed by atoms with van der Waals surface area (Å²) in [6, 6.07) is 5.09. The Morgan fingerprint density at radius 3 is 2.88 bits per heavy atom. The molecule has 0 aliphatic carbocycles. The molecule has 0 saturated carbocycles. The van der Waals surface area contributed by atoms with E-state index in [4.69, 9.17) is 16.2 Å². The number of urea groups is 1. The summed E-state index contributed by atoms with van der Waals surface area (Å²) in [6.07, 6.45) is 2.07. The van der Waals surface area contributed by atoms with Gasteiger partial charge in [-0.3, -0.25) is 9.48 Å². The van der Waals surface area contributed by atoms with Crippen LogP contribution in [0.4, 0.5) is 20.6 Å². The number of likely N-dealkylation sites (N-methyl/N-ethyl adjacent to an activating group) is 1. The number of benzene rings is 1. The number of nitrogens with zero attached hydrogens (tertiary/aromatic N) is 6. The van der Waals surface area contributed by atoms with E-state index in [1.807, 2.05) is 6.92 Å². The minimum absolute atomic E-state index is 0.0917. The molecule has 11 heteroatoms. The number of fused-ring (bicyclic) bond motifs is 3. The zero-order valence-corrected chi connectivity index (χ0v) is 18.7. The van der Waals surface area contributed by atoms with Crippen LogP contribution in [0.5, 0.6) is 0 Å². The summed E-state index contributed by atoms with van der Waals surface area (Å²) in [4.78, 5) is 32.8. The molecule has 3 aromatic rings. The van der Waals surface area contributed by atoms with Gasteiger partial charge in [-0.1, -0.05) is 5.16 Å². The van der Waals surface area contributed by atoms with Crippen LogP contribution >= 0.6 is 0 Å². The van der Waals surface area contributed by atoms with Gasteiger partial charge in [0.1, 0.15) is 17.3 Å². The molecular formula is C23H22FN7O3. The van der Waals surface area contributed by atoms with Gasteiger partial charge in [0.05, 0.1) is 37.5 Å². The lowest BCUT2D eigenvalue weighted by atomic mass is 9.99. The van der Waals surface area contributed by atoms with E-state index in [1.165, 1.54) is 12.1 Å².